The number of carbonyl (C=O) groups is 1. The molecule has 3 rings (SSSR count). The van der Waals surface area contributed by atoms with Gasteiger partial charge in [0.05, 0.1) is 6.20 Å². The molecule has 1 unspecified atom stereocenters. The Balaban J connectivity index is 2.09. The van der Waals surface area contributed by atoms with E-state index in [0.29, 0.717) is 17.0 Å². The van der Waals surface area contributed by atoms with Gasteiger partial charge in [0.15, 0.2) is 5.15 Å². The van der Waals surface area contributed by atoms with Crippen LogP contribution in [0.2, 0.25) is 5.15 Å². The van der Waals surface area contributed by atoms with E-state index in [4.69, 9.17) is 11.6 Å². The van der Waals surface area contributed by atoms with E-state index in [-0.39, 0.29) is 18.2 Å². The fraction of sp³-hybridized carbons (Fsp3) is 0.421. The van der Waals surface area contributed by atoms with Gasteiger partial charge < -0.3 is 15.1 Å². The summed E-state index contributed by atoms with van der Waals surface area (Å²) in [6.07, 6.45) is 0.488. The summed E-state index contributed by atoms with van der Waals surface area (Å²) in [7, 11) is 0. The highest BCUT2D eigenvalue weighted by Crippen LogP contribution is 2.50. The third-order valence-electron chi connectivity index (χ3n) is 5.26. The van der Waals surface area contributed by atoms with E-state index in [9.17, 15) is 15.0 Å². The van der Waals surface area contributed by atoms with Gasteiger partial charge in [0, 0.05) is 24.1 Å². The summed E-state index contributed by atoms with van der Waals surface area (Å²) >= 11 is 6.01. The highest BCUT2D eigenvalue weighted by molar-refractivity contribution is 6.29. The zero-order chi connectivity index (χ0) is 19.1. The number of rotatable bonds is 4. The molecule has 1 aliphatic rings. The van der Waals surface area contributed by atoms with Crippen molar-refractivity contribution in [3.8, 4) is 0 Å². The van der Waals surface area contributed by atoms with Crippen LogP contribution in [-0.2, 0) is 5.60 Å². The van der Waals surface area contributed by atoms with E-state index in [1.54, 1.807) is 6.07 Å². The summed E-state index contributed by atoms with van der Waals surface area (Å²) in [5, 5.41) is 28.9. The molecule has 1 aliphatic heterocycles. The molecule has 0 radical (unpaired) electrons. The lowest BCUT2D eigenvalue weighted by molar-refractivity contribution is -0.124. The average Bonchev–Trinajstić information content (AvgIpc) is 2.58. The quantitative estimate of drug-likeness (QED) is 0.854. The van der Waals surface area contributed by atoms with Gasteiger partial charge in [-0.2, -0.15) is 5.10 Å². The minimum atomic E-state index is -1.44. The second-order valence-electron chi connectivity index (χ2n) is 7.45. The number of amides is 1. The number of nitrogens with zero attached hydrogens (tertiary/aromatic N) is 3. The molecule has 1 fully saturated rings. The Hall–Kier alpha value is -2.18. The second-order valence-corrected chi connectivity index (χ2v) is 7.84. The number of halogens is 1. The van der Waals surface area contributed by atoms with Crippen molar-refractivity contribution < 1.29 is 15.0 Å². The van der Waals surface area contributed by atoms with Crippen molar-refractivity contribution in [1.29, 1.82) is 0 Å². The molecule has 1 aromatic carbocycles. The van der Waals surface area contributed by atoms with Crippen LogP contribution in [0.3, 0.4) is 0 Å². The maximum Gasteiger partial charge on any atom is 0.407 e. The molecule has 1 amide bonds. The summed E-state index contributed by atoms with van der Waals surface area (Å²) < 4.78 is 0. The number of aliphatic hydroxyl groups is 1. The molecule has 1 aromatic heterocycles. The lowest BCUT2D eigenvalue weighted by Gasteiger charge is -2.55. The molecule has 0 bridgehead atoms. The standard InChI is InChI=1S/C19H22ClN3O3/c1-12(2)13-4-6-14(7-5-13)19(26,15-8-16(20)22-21-9-15)18(3)10-23(11-18)17(24)25/h4-9,12,26H,10-11H2,1-3H3,(H,24,25). The second kappa shape index (κ2) is 6.52. The van der Waals surface area contributed by atoms with Crippen LogP contribution in [0.15, 0.2) is 36.5 Å². The van der Waals surface area contributed by atoms with Crippen LogP contribution in [0, 0.1) is 5.41 Å². The molecule has 2 aromatic rings. The number of benzene rings is 1. The van der Waals surface area contributed by atoms with Crippen molar-refractivity contribution in [3.05, 3.63) is 58.4 Å². The topological polar surface area (TPSA) is 86.6 Å². The number of likely N-dealkylation sites (tertiary alicyclic amines) is 1. The van der Waals surface area contributed by atoms with Gasteiger partial charge in [0.1, 0.15) is 5.60 Å². The average molecular weight is 376 g/mol. The first-order valence-electron chi connectivity index (χ1n) is 8.47. The minimum absolute atomic E-state index is 0.178. The van der Waals surface area contributed by atoms with Gasteiger partial charge in [-0.15, -0.1) is 5.10 Å². The van der Waals surface area contributed by atoms with Crippen LogP contribution in [0.1, 0.15) is 43.4 Å². The zero-order valence-corrected chi connectivity index (χ0v) is 15.7. The number of hydrogen-bond acceptors (Lipinski definition) is 4. The molecule has 2 heterocycles. The van der Waals surface area contributed by atoms with Crippen LogP contribution >= 0.6 is 11.6 Å². The third kappa shape index (κ3) is 2.93. The van der Waals surface area contributed by atoms with Gasteiger partial charge >= 0.3 is 6.09 Å². The van der Waals surface area contributed by atoms with E-state index in [2.05, 4.69) is 24.0 Å². The molecule has 6 nitrogen and oxygen atoms in total. The predicted molar refractivity (Wildman–Crippen MR) is 98.3 cm³/mol. The first-order chi connectivity index (χ1) is 12.2. The van der Waals surface area contributed by atoms with Gasteiger partial charge in [0.2, 0.25) is 0 Å². The monoisotopic (exact) mass is 375 g/mol. The summed E-state index contributed by atoms with van der Waals surface area (Å²) in [6.45, 7) is 6.50. The van der Waals surface area contributed by atoms with Crippen molar-refractivity contribution in [1.82, 2.24) is 15.1 Å². The SMILES string of the molecule is CC(C)c1ccc(C(O)(c2cnnc(Cl)c2)C2(C)CN(C(=O)O)C2)cc1. The Bertz CT molecular complexity index is 819. The van der Waals surface area contributed by atoms with Gasteiger partial charge in [-0.25, -0.2) is 4.79 Å². The van der Waals surface area contributed by atoms with Gasteiger partial charge in [0.25, 0.3) is 0 Å². The lowest BCUT2D eigenvalue weighted by Crippen LogP contribution is -2.66. The zero-order valence-electron chi connectivity index (χ0n) is 15.0. The highest BCUT2D eigenvalue weighted by atomic mass is 35.5. The Kier molecular flexibility index (Phi) is 4.67. The van der Waals surface area contributed by atoms with Gasteiger partial charge in [-0.05, 0) is 23.1 Å². The molecule has 138 valence electrons. The summed E-state index contributed by atoms with van der Waals surface area (Å²) in [5.41, 5.74) is 0.194. The minimum Gasteiger partial charge on any atom is -0.465 e. The van der Waals surface area contributed by atoms with E-state index in [0.717, 1.165) is 5.56 Å². The van der Waals surface area contributed by atoms with E-state index in [1.165, 1.54) is 11.1 Å². The molecule has 1 saturated heterocycles. The van der Waals surface area contributed by atoms with Crippen molar-refractivity contribution >= 4 is 17.7 Å². The number of carboxylic acid groups (broad SMARTS) is 1. The lowest BCUT2D eigenvalue weighted by atomic mass is 9.62. The predicted octanol–water partition coefficient (Wildman–Crippen LogP) is 3.49. The molecule has 26 heavy (non-hydrogen) atoms. The van der Waals surface area contributed by atoms with Crippen molar-refractivity contribution in [2.75, 3.05) is 13.1 Å². The summed E-state index contributed by atoms with van der Waals surface area (Å²) in [6, 6.07) is 9.33. The highest BCUT2D eigenvalue weighted by Gasteiger charge is 2.57. The maximum atomic E-state index is 11.8. The molecule has 7 heteroatoms. The van der Waals surface area contributed by atoms with E-state index in [1.807, 2.05) is 31.2 Å². The van der Waals surface area contributed by atoms with Crippen LogP contribution < -0.4 is 0 Å². The maximum absolute atomic E-state index is 11.8. The molecular weight excluding hydrogens is 354 g/mol. The first-order valence-corrected chi connectivity index (χ1v) is 8.84. The molecular formula is C19H22ClN3O3. The van der Waals surface area contributed by atoms with Crippen LogP contribution in [0.4, 0.5) is 4.79 Å². The number of hydrogen-bond donors (Lipinski definition) is 2. The van der Waals surface area contributed by atoms with Crippen molar-refractivity contribution in [2.45, 2.75) is 32.3 Å². The van der Waals surface area contributed by atoms with Crippen LogP contribution in [-0.4, -0.2) is 44.5 Å². The molecule has 1 atom stereocenters. The Morgan fingerprint density at radius 1 is 1.27 bits per heavy atom. The van der Waals surface area contributed by atoms with Crippen LogP contribution in [0.5, 0.6) is 0 Å². The molecule has 0 aliphatic carbocycles. The van der Waals surface area contributed by atoms with Crippen molar-refractivity contribution in [3.63, 3.8) is 0 Å². The largest absolute Gasteiger partial charge is 0.465 e. The number of aromatic nitrogens is 2. The molecule has 0 saturated carbocycles. The van der Waals surface area contributed by atoms with Crippen molar-refractivity contribution in [2.24, 2.45) is 5.41 Å². The van der Waals surface area contributed by atoms with Gasteiger partial charge in [-0.3, -0.25) is 0 Å². The molecule has 2 N–H and O–H groups in total. The van der Waals surface area contributed by atoms with Gasteiger partial charge in [-0.1, -0.05) is 56.6 Å². The Morgan fingerprint density at radius 3 is 2.38 bits per heavy atom. The molecule has 0 spiro atoms. The summed E-state index contributed by atoms with van der Waals surface area (Å²) in [5.74, 6) is 0.371. The Labute approximate surface area is 157 Å². The third-order valence-corrected chi connectivity index (χ3v) is 5.45. The Morgan fingerprint density at radius 2 is 1.88 bits per heavy atom. The normalized spacial score (nSPS) is 18.3. The van der Waals surface area contributed by atoms with Crippen LogP contribution in [0.25, 0.3) is 0 Å². The van der Waals surface area contributed by atoms with E-state index >= 15 is 0 Å². The summed E-state index contributed by atoms with van der Waals surface area (Å²) in [4.78, 5) is 12.5. The first kappa shape index (κ1) is 18.6. The fourth-order valence-electron chi connectivity index (χ4n) is 3.67. The van der Waals surface area contributed by atoms with E-state index < -0.39 is 17.1 Å². The fourth-order valence-corrected chi connectivity index (χ4v) is 3.83. The smallest absolute Gasteiger partial charge is 0.407 e.